The molecule has 0 aliphatic rings. The van der Waals surface area contributed by atoms with Gasteiger partial charge in [0.1, 0.15) is 5.75 Å². The van der Waals surface area contributed by atoms with Gasteiger partial charge in [-0.2, -0.15) is 0 Å². The van der Waals surface area contributed by atoms with Gasteiger partial charge in [0.2, 0.25) is 0 Å². The number of fused-ring (bicyclic) bond motifs is 1. The number of carboxylic acid groups (broad SMARTS) is 1. The van der Waals surface area contributed by atoms with Gasteiger partial charge in [-0.05, 0) is 76.2 Å². The van der Waals surface area contributed by atoms with Gasteiger partial charge in [-0.25, -0.2) is 4.79 Å². The Balaban J connectivity index is 1.54. The predicted octanol–water partition coefficient (Wildman–Crippen LogP) is 4.76. The quantitative estimate of drug-likeness (QED) is 0.308. The average molecular weight is 538 g/mol. The summed E-state index contributed by atoms with van der Waals surface area (Å²) in [7, 11) is 0. The number of aromatic carboxylic acids is 1. The van der Waals surface area contributed by atoms with Crippen LogP contribution in [0.4, 0.5) is 0 Å². The van der Waals surface area contributed by atoms with Gasteiger partial charge >= 0.3 is 5.97 Å². The summed E-state index contributed by atoms with van der Waals surface area (Å²) in [5.74, 6) is -1.16. The number of hydrogen-bond acceptors (Lipinski definition) is 4. The molecule has 7 heteroatoms. The maximum absolute atomic E-state index is 12.6. The number of nitrogens with zero attached hydrogens (tertiary/aromatic N) is 1. The zero-order valence-electron chi connectivity index (χ0n) is 16.9. The van der Waals surface area contributed by atoms with Crippen LogP contribution in [-0.4, -0.2) is 27.1 Å². The third-order valence-corrected chi connectivity index (χ3v) is 5.86. The van der Waals surface area contributed by atoms with E-state index < -0.39 is 5.97 Å². The van der Waals surface area contributed by atoms with Crippen molar-refractivity contribution in [1.82, 2.24) is 10.3 Å². The molecule has 32 heavy (non-hydrogen) atoms. The van der Waals surface area contributed by atoms with E-state index in [2.05, 4.69) is 32.9 Å². The number of benzene rings is 3. The highest BCUT2D eigenvalue weighted by Crippen LogP contribution is 2.29. The van der Waals surface area contributed by atoms with Gasteiger partial charge in [0.15, 0.2) is 0 Å². The molecule has 0 atom stereocenters. The van der Waals surface area contributed by atoms with E-state index in [4.69, 9.17) is 5.11 Å². The maximum Gasteiger partial charge on any atom is 0.335 e. The lowest BCUT2D eigenvalue weighted by Gasteiger charge is -2.10. The first-order valence-electron chi connectivity index (χ1n) is 9.86. The molecule has 0 radical (unpaired) electrons. The molecule has 1 heterocycles. The fraction of sp³-hybridized carbons (Fsp3) is 0.0800. The predicted molar refractivity (Wildman–Crippen MR) is 130 cm³/mol. The number of carboxylic acids is 1. The Hall–Kier alpha value is -3.46. The largest absolute Gasteiger partial charge is 0.507 e. The number of rotatable bonds is 6. The Labute approximate surface area is 198 Å². The Morgan fingerprint density at radius 3 is 2.25 bits per heavy atom. The summed E-state index contributed by atoms with van der Waals surface area (Å²) in [4.78, 5) is 28.1. The molecule has 3 N–H and O–H groups in total. The highest BCUT2D eigenvalue weighted by molar-refractivity contribution is 14.1. The van der Waals surface area contributed by atoms with Crippen LogP contribution in [0.15, 0.2) is 72.9 Å². The van der Waals surface area contributed by atoms with E-state index in [1.807, 2.05) is 24.3 Å². The summed E-state index contributed by atoms with van der Waals surface area (Å²) in [6, 6.07) is 19.4. The fourth-order valence-electron chi connectivity index (χ4n) is 3.36. The van der Waals surface area contributed by atoms with Crippen LogP contribution >= 0.6 is 22.6 Å². The van der Waals surface area contributed by atoms with Crippen molar-refractivity contribution in [2.75, 3.05) is 0 Å². The molecule has 1 amide bonds. The van der Waals surface area contributed by atoms with E-state index in [0.717, 1.165) is 14.7 Å². The first-order valence-corrected chi connectivity index (χ1v) is 10.9. The Morgan fingerprint density at radius 1 is 0.906 bits per heavy atom. The van der Waals surface area contributed by atoms with Gasteiger partial charge in [-0.15, -0.1) is 0 Å². The number of pyridine rings is 1. The second-order valence-electron chi connectivity index (χ2n) is 7.35. The van der Waals surface area contributed by atoms with Gasteiger partial charge in [-0.1, -0.05) is 24.3 Å². The molecule has 3 aromatic carbocycles. The van der Waals surface area contributed by atoms with Crippen LogP contribution in [0.5, 0.6) is 5.75 Å². The second kappa shape index (κ2) is 9.35. The van der Waals surface area contributed by atoms with Gasteiger partial charge in [0, 0.05) is 39.2 Å². The normalized spacial score (nSPS) is 10.8. The van der Waals surface area contributed by atoms with Crippen LogP contribution in [-0.2, 0) is 13.0 Å². The molecule has 0 saturated carbocycles. The molecular formula is C25H19IN2O4. The van der Waals surface area contributed by atoms with Gasteiger partial charge in [0.05, 0.1) is 11.1 Å². The number of halogens is 1. The number of carbonyl (C=O) groups excluding carboxylic acids is 1. The van der Waals surface area contributed by atoms with Crippen LogP contribution in [0.1, 0.15) is 37.4 Å². The summed E-state index contributed by atoms with van der Waals surface area (Å²) < 4.78 is 1.13. The zero-order chi connectivity index (χ0) is 22.7. The van der Waals surface area contributed by atoms with Crippen LogP contribution in [0, 0.1) is 3.57 Å². The number of aromatic nitrogens is 1. The first-order chi connectivity index (χ1) is 15.4. The Bertz CT molecular complexity index is 1300. The lowest BCUT2D eigenvalue weighted by atomic mass is 10.0. The Kier molecular flexibility index (Phi) is 6.36. The average Bonchev–Trinajstić information content (AvgIpc) is 2.80. The molecule has 0 spiro atoms. The first kappa shape index (κ1) is 21.8. The minimum absolute atomic E-state index is 0.0598. The van der Waals surface area contributed by atoms with Crippen LogP contribution in [0.2, 0.25) is 0 Å². The maximum atomic E-state index is 12.6. The highest BCUT2D eigenvalue weighted by atomic mass is 127. The number of nitrogens with one attached hydrogen (secondary N) is 1. The molecular weight excluding hydrogens is 519 g/mol. The molecule has 0 bridgehead atoms. The van der Waals surface area contributed by atoms with Gasteiger partial charge in [-0.3, -0.25) is 9.78 Å². The molecule has 160 valence electrons. The molecule has 0 aliphatic carbocycles. The zero-order valence-corrected chi connectivity index (χ0v) is 19.0. The molecule has 4 rings (SSSR count). The molecule has 1 aromatic heterocycles. The summed E-state index contributed by atoms with van der Waals surface area (Å²) >= 11 is 2.23. The van der Waals surface area contributed by atoms with Crippen LogP contribution in [0.3, 0.4) is 0 Å². The van der Waals surface area contributed by atoms with Crippen molar-refractivity contribution in [2.24, 2.45) is 0 Å². The molecule has 0 saturated heterocycles. The fourth-order valence-corrected chi connectivity index (χ4v) is 3.72. The number of amides is 1. The summed E-state index contributed by atoms with van der Waals surface area (Å²) in [6.45, 7) is 0.407. The topological polar surface area (TPSA) is 99.5 Å². The molecule has 0 fully saturated rings. The summed E-state index contributed by atoms with van der Waals surface area (Å²) in [6.07, 6.45) is 1.98. The van der Waals surface area contributed by atoms with Crippen molar-refractivity contribution in [3.05, 3.63) is 104 Å². The number of carbonyl (C=O) groups is 2. The Morgan fingerprint density at radius 2 is 1.56 bits per heavy atom. The summed E-state index contributed by atoms with van der Waals surface area (Å²) in [5, 5.41) is 23.2. The standard InChI is InChI=1S/C25H19IN2O4/c26-20-8-3-16(4-9-20)13-28-24(30)18-7-10-22-21(12-18)23(29)19(14-27-22)11-15-1-5-17(6-2-15)25(31)32/h1-10,12,14H,11,13H2,(H,27,29)(H,28,30)(H,31,32). The van der Waals surface area contributed by atoms with E-state index in [9.17, 15) is 14.7 Å². The van der Waals surface area contributed by atoms with Crippen molar-refractivity contribution >= 4 is 45.4 Å². The van der Waals surface area contributed by atoms with E-state index >= 15 is 0 Å². The lowest BCUT2D eigenvalue weighted by molar-refractivity contribution is 0.0696. The van der Waals surface area contributed by atoms with Gasteiger partial charge in [0.25, 0.3) is 5.91 Å². The second-order valence-corrected chi connectivity index (χ2v) is 8.60. The summed E-state index contributed by atoms with van der Waals surface area (Å²) in [5.41, 5.74) is 3.66. The minimum atomic E-state index is -0.986. The van der Waals surface area contributed by atoms with Crippen LogP contribution < -0.4 is 5.32 Å². The van der Waals surface area contributed by atoms with Crippen molar-refractivity contribution in [2.45, 2.75) is 13.0 Å². The van der Waals surface area contributed by atoms with Crippen LogP contribution in [0.25, 0.3) is 10.9 Å². The lowest BCUT2D eigenvalue weighted by Crippen LogP contribution is -2.22. The third kappa shape index (κ3) is 4.88. The van der Waals surface area contributed by atoms with E-state index in [1.165, 1.54) is 12.1 Å². The SMILES string of the molecule is O=C(O)c1ccc(Cc2cnc3ccc(C(=O)NCc4ccc(I)cc4)cc3c2O)cc1. The van der Waals surface area contributed by atoms with Crippen molar-refractivity contribution in [3.8, 4) is 5.75 Å². The monoisotopic (exact) mass is 538 g/mol. The van der Waals surface area contributed by atoms with E-state index in [0.29, 0.717) is 35.0 Å². The van der Waals surface area contributed by atoms with E-state index in [1.54, 1.807) is 36.5 Å². The highest BCUT2D eigenvalue weighted by Gasteiger charge is 2.13. The van der Waals surface area contributed by atoms with Crippen molar-refractivity contribution < 1.29 is 19.8 Å². The van der Waals surface area contributed by atoms with Gasteiger partial charge < -0.3 is 15.5 Å². The van der Waals surface area contributed by atoms with E-state index in [-0.39, 0.29) is 17.2 Å². The van der Waals surface area contributed by atoms with Crippen molar-refractivity contribution in [3.63, 3.8) is 0 Å². The minimum Gasteiger partial charge on any atom is -0.507 e. The number of aromatic hydroxyl groups is 1. The van der Waals surface area contributed by atoms with Crippen molar-refractivity contribution in [1.29, 1.82) is 0 Å². The molecule has 6 nitrogen and oxygen atoms in total. The molecule has 0 aliphatic heterocycles. The molecule has 4 aromatic rings. The molecule has 0 unspecified atom stereocenters. The third-order valence-electron chi connectivity index (χ3n) is 5.14. The number of hydrogen-bond donors (Lipinski definition) is 3. The smallest absolute Gasteiger partial charge is 0.335 e.